The third kappa shape index (κ3) is 3.12. The van der Waals surface area contributed by atoms with Gasteiger partial charge < -0.3 is 10.1 Å². The van der Waals surface area contributed by atoms with Gasteiger partial charge in [-0.3, -0.25) is 4.98 Å². The molecule has 0 aliphatic rings. The molecule has 2 heterocycles. The van der Waals surface area contributed by atoms with Gasteiger partial charge in [0.25, 0.3) is 0 Å². The van der Waals surface area contributed by atoms with E-state index < -0.39 is 0 Å². The van der Waals surface area contributed by atoms with Crippen LogP contribution in [0.25, 0.3) is 0 Å². The maximum Gasteiger partial charge on any atom is 0.227 e. The number of hydrogen-bond donors (Lipinski definition) is 1. The van der Waals surface area contributed by atoms with Crippen molar-refractivity contribution in [2.75, 3.05) is 12.4 Å². The van der Waals surface area contributed by atoms with Crippen LogP contribution in [0.1, 0.15) is 25.3 Å². The highest BCUT2D eigenvalue weighted by Crippen LogP contribution is 2.32. The minimum absolute atomic E-state index is 0.228. The normalized spacial score (nSPS) is 10.6. The van der Waals surface area contributed by atoms with Gasteiger partial charge in [-0.2, -0.15) is 0 Å². The van der Waals surface area contributed by atoms with Crippen molar-refractivity contribution in [2.24, 2.45) is 0 Å². The van der Waals surface area contributed by atoms with Gasteiger partial charge in [-0.05, 0) is 5.92 Å². The Morgan fingerprint density at radius 1 is 1.26 bits per heavy atom. The Kier molecular flexibility index (Phi) is 4.16. The first-order chi connectivity index (χ1) is 9.11. The number of nitrogens with one attached hydrogen (secondary N) is 1. The molecule has 1 N–H and O–H groups in total. The highest BCUT2D eigenvalue weighted by molar-refractivity contribution is 6.30. The van der Waals surface area contributed by atoms with Gasteiger partial charge in [-0.25, -0.2) is 9.97 Å². The molecular weight excluding hydrogens is 264 g/mol. The van der Waals surface area contributed by atoms with E-state index in [2.05, 4.69) is 34.1 Å². The maximum atomic E-state index is 5.88. The van der Waals surface area contributed by atoms with Crippen LogP contribution in [0.5, 0.6) is 11.6 Å². The van der Waals surface area contributed by atoms with E-state index in [0.717, 1.165) is 11.4 Å². The van der Waals surface area contributed by atoms with E-state index in [4.69, 9.17) is 16.3 Å². The molecule has 0 saturated heterocycles. The van der Waals surface area contributed by atoms with Crippen molar-refractivity contribution in [1.82, 2.24) is 15.0 Å². The average Bonchev–Trinajstić information content (AvgIpc) is 2.38. The number of aromatic nitrogens is 3. The predicted molar refractivity (Wildman–Crippen MR) is 75.0 cm³/mol. The fraction of sp³-hybridized carbons (Fsp3) is 0.308. The van der Waals surface area contributed by atoms with Gasteiger partial charge in [0, 0.05) is 19.3 Å². The van der Waals surface area contributed by atoms with E-state index in [9.17, 15) is 0 Å². The number of halogens is 1. The van der Waals surface area contributed by atoms with Gasteiger partial charge >= 0.3 is 0 Å². The van der Waals surface area contributed by atoms with Crippen LogP contribution in [-0.2, 0) is 0 Å². The first-order valence-electron chi connectivity index (χ1n) is 5.93. The molecule has 2 rings (SSSR count). The molecule has 19 heavy (non-hydrogen) atoms. The number of pyridine rings is 1. The summed E-state index contributed by atoms with van der Waals surface area (Å²) in [6.45, 7) is 4.12. The van der Waals surface area contributed by atoms with Crippen LogP contribution in [0.3, 0.4) is 0 Å². The Morgan fingerprint density at radius 2 is 2.05 bits per heavy atom. The van der Waals surface area contributed by atoms with Gasteiger partial charge in [0.2, 0.25) is 5.88 Å². The number of ether oxygens (including phenoxy) is 1. The number of hydrogen-bond acceptors (Lipinski definition) is 5. The van der Waals surface area contributed by atoms with Crippen LogP contribution in [-0.4, -0.2) is 22.0 Å². The minimum Gasteiger partial charge on any atom is -0.437 e. The van der Waals surface area contributed by atoms with Gasteiger partial charge in [0.15, 0.2) is 0 Å². The Morgan fingerprint density at radius 3 is 2.68 bits per heavy atom. The molecule has 0 bridgehead atoms. The van der Waals surface area contributed by atoms with Gasteiger partial charge in [-0.15, -0.1) is 0 Å². The van der Waals surface area contributed by atoms with Crippen molar-refractivity contribution in [2.45, 2.75) is 19.8 Å². The molecule has 5 nitrogen and oxygen atoms in total. The lowest BCUT2D eigenvalue weighted by Gasteiger charge is -2.15. The lowest BCUT2D eigenvalue weighted by molar-refractivity contribution is 0.450. The number of anilines is 1. The first kappa shape index (κ1) is 13.5. The number of rotatable bonds is 4. The van der Waals surface area contributed by atoms with E-state index in [0.29, 0.717) is 16.7 Å². The second-order valence-electron chi connectivity index (χ2n) is 4.29. The molecule has 0 amide bonds. The van der Waals surface area contributed by atoms with Crippen LogP contribution in [0.15, 0.2) is 24.8 Å². The topological polar surface area (TPSA) is 59.9 Å². The summed E-state index contributed by atoms with van der Waals surface area (Å²) >= 11 is 5.88. The second kappa shape index (κ2) is 5.84. The van der Waals surface area contributed by atoms with Crippen molar-refractivity contribution in [3.63, 3.8) is 0 Å². The number of nitrogens with zero attached hydrogens (tertiary/aromatic N) is 3. The highest BCUT2D eigenvalue weighted by Gasteiger charge is 2.16. The van der Waals surface area contributed by atoms with Crippen molar-refractivity contribution < 1.29 is 4.74 Å². The Balaban J connectivity index is 2.39. The Hall–Kier alpha value is -1.88. The van der Waals surface area contributed by atoms with Crippen molar-refractivity contribution in [1.29, 1.82) is 0 Å². The zero-order valence-electron chi connectivity index (χ0n) is 11.0. The smallest absolute Gasteiger partial charge is 0.227 e. The molecule has 2 aromatic rings. The fourth-order valence-corrected chi connectivity index (χ4v) is 1.90. The van der Waals surface area contributed by atoms with Crippen LogP contribution >= 0.6 is 11.6 Å². The lowest BCUT2D eigenvalue weighted by atomic mass is 10.1. The third-order valence-corrected chi connectivity index (χ3v) is 2.76. The second-order valence-corrected chi connectivity index (χ2v) is 4.72. The predicted octanol–water partition coefficient (Wildman–Crippen LogP) is 3.48. The standard InChI is InChI=1S/C13H15ClN4O/c1-8(2)11-12(15-3)17-7-18-13(11)19-10-4-9(14)5-16-6-10/h4-8H,1-3H3,(H,15,17,18). The summed E-state index contributed by atoms with van der Waals surface area (Å²) in [5, 5.41) is 3.56. The maximum absolute atomic E-state index is 5.88. The van der Waals surface area contributed by atoms with Crippen molar-refractivity contribution >= 4 is 17.4 Å². The molecule has 0 aromatic carbocycles. The van der Waals surface area contributed by atoms with Gasteiger partial charge in [-0.1, -0.05) is 25.4 Å². The molecule has 0 saturated carbocycles. The lowest BCUT2D eigenvalue weighted by Crippen LogP contribution is -2.04. The summed E-state index contributed by atoms with van der Waals surface area (Å²) in [5.74, 6) is 2.05. The van der Waals surface area contributed by atoms with Crippen molar-refractivity contribution in [3.05, 3.63) is 35.4 Å². The first-order valence-corrected chi connectivity index (χ1v) is 6.30. The highest BCUT2D eigenvalue weighted by atomic mass is 35.5. The Bertz CT molecular complexity index is 574. The zero-order valence-corrected chi connectivity index (χ0v) is 11.8. The molecule has 0 fully saturated rings. The molecule has 2 aromatic heterocycles. The van der Waals surface area contributed by atoms with E-state index in [1.54, 1.807) is 18.5 Å². The summed E-state index contributed by atoms with van der Waals surface area (Å²) in [4.78, 5) is 12.4. The molecular formula is C13H15ClN4O. The van der Waals surface area contributed by atoms with Crippen molar-refractivity contribution in [3.8, 4) is 11.6 Å². The molecule has 0 spiro atoms. The van der Waals surface area contributed by atoms with E-state index in [-0.39, 0.29) is 5.92 Å². The summed E-state index contributed by atoms with van der Waals surface area (Å²) in [7, 11) is 1.82. The van der Waals surface area contributed by atoms with Gasteiger partial charge in [0.05, 0.1) is 16.8 Å². The molecule has 6 heteroatoms. The Labute approximate surface area is 117 Å². The van der Waals surface area contributed by atoms with E-state index in [1.165, 1.54) is 6.33 Å². The minimum atomic E-state index is 0.228. The summed E-state index contributed by atoms with van der Waals surface area (Å²) in [5.41, 5.74) is 0.921. The summed E-state index contributed by atoms with van der Waals surface area (Å²) < 4.78 is 5.76. The molecule has 0 atom stereocenters. The SMILES string of the molecule is CNc1ncnc(Oc2cncc(Cl)c2)c1C(C)C. The molecule has 0 unspecified atom stereocenters. The quantitative estimate of drug-likeness (QED) is 0.928. The van der Waals surface area contributed by atoms with Crippen LogP contribution < -0.4 is 10.1 Å². The zero-order chi connectivity index (χ0) is 13.8. The summed E-state index contributed by atoms with van der Waals surface area (Å²) in [6, 6.07) is 1.69. The average molecular weight is 279 g/mol. The molecule has 0 radical (unpaired) electrons. The largest absolute Gasteiger partial charge is 0.437 e. The van der Waals surface area contributed by atoms with Crippen LogP contribution in [0, 0.1) is 0 Å². The fourth-order valence-electron chi connectivity index (χ4n) is 1.74. The molecule has 100 valence electrons. The van der Waals surface area contributed by atoms with E-state index in [1.807, 2.05) is 7.05 Å². The summed E-state index contributed by atoms with van der Waals surface area (Å²) in [6.07, 6.45) is 4.61. The van der Waals surface area contributed by atoms with Crippen LogP contribution in [0.4, 0.5) is 5.82 Å². The van der Waals surface area contributed by atoms with Gasteiger partial charge in [0.1, 0.15) is 17.9 Å². The molecule has 0 aliphatic carbocycles. The van der Waals surface area contributed by atoms with E-state index >= 15 is 0 Å². The third-order valence-electron chi connectivity index (χ3n) is 2.56. The van der Waals surface area contributed by atoms with Crippen LogP contribution in [0.2, 0.25) is 5.02 Å². The molecule has 0 aliphatic heterocycles. The monoisotopic (exact) mass is 278 g/mol.